The summed E-state index contributed by atoms with van der Waals surface area (Å²) in [6.07, 6.45) is 2.14. The number of benzene rings is 2. The van der Waals surface area contributed by atoms with Crippen LogP contribution in [0.15, 0.2) is 59.6 Å². The summed E-state index contributed by atoms with van der Waals surface area (Å²) in [6.45, 7) is 2.44. The van der Waals surface area contributed by atoms with E-state index in [1.165, 1.54) is 4.31 Å². The number of aromatic nitrogens is 1. The zero-order chi connectivity index (χ0) is 19.0. The molecule has 0 spiro atoms. The Bertz CT molecular complexity index is 1100. The Labute approximate surface area is 163 Å². The van der Waals surface area contributed by atoms with E-state index in [0.717, 1.165) is 10.9 Å². The van der Waals surface area contributed by atoms with E-state index in [4.69, 9.17) is 16.3 Å². The first-order valence-corrected chi connectivity index (χ1v) is 10.5. The highest BCUT2D eigenvalue weighted by Gasteiger charge is 2.34. The minimum Gasteiger partial charge on any atom is -0.487 e. The number of rotatable bonds is 4. The molecule has 0 aliphatic carbocycles. The molecule has 0 unspecified atom stereocenters. The number of para-hydroxylation sites is 1. The maximum atomic E-state index is 13.0. The Hall–Kier alpha value is -2.15. The maximum absolute atomic E-state index is 13.0. The summed E-state index contributed by atoms with van der Waals surface area (Å²) < 4.78 is 33.6. The molecule has 27 heavy (non-hydrogen) atoms. The quantitative estimate of drug-likeness (QED) is 0.660. The average molecular weight is 403 g/mol. The van der Waals surface area contributed by atoms with Crippen LogP contribution in [0.4, 0.5) is 0 Å². The van der Waals surface area contributed by atoms with E-state index in [9.17, 15) is 8.42 Å². The van der Waals surface area contributed by atoms with Crippen molar-refractivity contribution >= 4 is 32.5 Å². The Morgan fingerprint density at radius 1 is 1.15 bits per heavy atom. The van der Waals surface area contributed by atoms with E-state index in [1.807, 2.05) is 30.3 Å². The second-order valence-corrected chi connectivity index (χ2v) is 8.90. The SMILES string of the molecule is Cc1c(Cl)cccc1S(=O)(=O)N1CC[C@@H](Oc2cccc3cccnc23)C1. The molecule has 1 aliphatic heterocycles. The molecule has 4 rings (SSSR count). The molecular formula is C20H19ClN2O3S. The van der Waals surface area contributed by atoms with Crippen LogP contribution in [-0.2, 0) is 10.0 Å². The minimum atomic E-state index is -3.61. The number of sulfonamides is 1. The minimum absolute atomic E-state index is 0.216. The summed E-state index contributed by atoms with van der Waals surface area (Å²) in [5.74, 6) is 0.677. The molecule has 1 aliphatic rings. The van der Waals surface area contributed by atoms with Gasteiger partial charge in [-0.1, -0.05) is 35.9 Å². The van der Waals surface area contributed by atoms with Crippen LogP contribution in [0.2, 0.25) is 5.02 Å². The molecule has 0 N–H and O–H groups in total. The molecule has 2 aromatic carbocycles. The molecule has 0 saturated carbocycles. The zero-order valence-electron chi connectivity index (χ0n) is 14.8. The average Bonchev–Trinajstić information content (AvgIpc) is 3.14. The third-order valence-corrected chi connectivity index (χ3v) is 7.25. The highest BCUT2D eigenvalue weighted by molar-refractivity contribution is 7.89. The third kappa shape index (κ3) is 3.40. The van der Waals surface area contributed by atoms with E-state index in [2.05, 4.69) is 4.98 Å². The van der Waals surface area contributed by atoms with E-state index < -0.39 is 10.0 Å². The fourth-order valence-corrected chi connectivity index (χ4v) is 5.33. The van der Waals surface area contributed by atoms with E-state index in [0.29, 0.717) is 35.8 Å². The molecule has 1 saturated heterocycles. The number of pyridine rings is 1. The van der Waals surface area contributed by atoms with Crippen LogP contribution in [-0.4, -0.2) is 36.9 Å². The second kappa shape index (κ2) is 7.11. The summed E-state index contributed by atoms with van der Waals surface area (Å²) in [7, 11) is -3.61. The smallest absolute Gasteiger partial charge is 0.243 e. The molecule has 7 heteroatoms. The van der Waals surface area contributed by atoms with E-state index in [1.54, 1.807) is 31.3 Å². The largest absolute Gasteiger partial charge is 0.487 e. The van der Waals surface area contributed by atoms with Crippen molar-refractivity contribution in [3.05, 3.63) is 65.3 Å². The molecule has 1 atom stereocenters. The number of hydrogen-bond donors (Lipinski definition) is 0. The molecule has 0 bridgehead atoms. The van der Waals surface area contributed by atoms with Crippen molar-refractivity contribution in [1.82, 2.24) is 9.29 Å². The molecule has 0 amide bonds. The zero-order valence-corrected chi connectivity index (χ0v) is 16.4. The Morgan fingerprint density at radius 2 is 1.93 bits per heavy atom. The van der Waals surface area contributed by atoms with Gasteiger partial charge in [0.1, 0.15) is 17.4 Å². The van der Waals surface area contributed by atoms with Crippen molar-refractivity contribution in [2.75, 3.05) is 13.1 Å². The monoisotopic (exact) mass is 402 g/mol. The molecule has 2 heterocycles. The standard InChI is InChI=1S/C20H19ClN2O3S/c1-14-17(21)7-3-9-19(14)27(24,25)23-12-10-16(13-23)26-18-8-2-5-15-6-4-11-22-20(15)18/h2-9,11,16H,10,12-13H2,1H3/t16-/m1/s1. The van der Waals surface area contributed by atoms with Gasteiger partial charge in [-0.2, -0.15) is 4.31 Å². The van der Waals surface area contributed by atoms with Crippen LogP contribution < -0.4 is 4.74 Å². The highest BCUT2D eigenvalue weighted by atomic mass is 35.5. The van der Waals surface area contributed by atoms with Crippen molar-refractivity contribution in [3.63, 3.8) is 0 Å². The van der Waals surface area contributed by atoms with Gasteiger partial charge in [-0.15, -0.1) is 0 Å². The summed E-state index contributed by atoms with van der Waals surface area (Å²) in [5.41, 5.74) is 1.36. The Morgan fingerprint density at radius 3 is 2.78 bits per heavy atom. The van der Waals surface area contributed by atoms with Crippen LogP contribution >= 0.6 is 11.6 Å². The third-order valence-electron chi connectivity index (χ3n) is 4.83. The van der Waals surface area contributed by atoms with E-state index >= 15 is 0 Å². The summed E-state index contributed by atoms with van der Waals surface area (Å²) in [4.78, 5) is 4.64. The van der Waals surface area contributed by atoms with Gasteiger partial charge in [-0.25, -0.2) is 8.42 Å². The summed E-state index contributed by atoms with van der Waals surface area (Å²) in [6, 6.07) is 14.6. The predicted octanol–water partition coefficient (Wildman–Crippen LogP) is 4.04. The van der Waals surface area contributed by atoms with Crippen molar-refractivity contribution in [2.45, 2.75) is 24.3 Å². The molecule has 0 radical (unpaired) electrons. The first-order valence-electron chi connectivity index (χ1n) is 8.72. The van der Waals surface area contributed by atoms with Gasteiger partial charge in [-0.3, -0.25) is 4.98 Å². The van der Waals surface area contributed by atoms with Crippen molar-refractivity contribution in [2.24, 2.45) is 0 Å². The van der Waals surface area contributed by atoms with Crippen molar-refractivity contribution in [3.8, 4) is 5.75 Å². The van der Waals surface area contributed by atoms with Gasteiger partial charge < -0.3 is 4.74 Å². The number of nitrogens with zero attached hydrogens (tertiary/aromatic N) is 2. The van der Waals surface area contributed by atoms with Crippen LogP contribution in [0.25, 0.3) is 10.9 Å². The lowest BCUT2D eigenvalue weighted by atomic mass is 10.2. The lowest BCUT2D eigenvalue weighted by Crippen LogP contribution is -2.31. The lowest BCUT2D eigenvalue weighted by molar-refractivity contribution is 0.218. The van der Waals surface area contributed by atoms with Gasteiger partial charge in [0.25, 0.3) is 0 Å². The van der Waals surface area contributed by atoms with Gasteiger partial charge in [-0.05, 0) is 43.2 Å². The molecule has 5 nitrogen and oxygen atoms in total. The summed E-state index contributed by atoms with van der Waals surface area (Å²) in [5, 5.41) is 1.44. The topological polar surface area (TPSA) is 59.5 Å². The number of halogens is 1. The maximum Gasteiger partial charge on any atom is 0.243 e. The van der Waals surface area contributed by atoms with Gasteiger partial charge >= 0.3 is 0 Å². The Kier molecular flexibility index (Phi) is 4.80. The van der Waals surface area contributed by atoms with Gasteiger partial charge in [0.2, 0.25) is 10.0 Å². The highest BCUT2D eigenvalue weighted by Crippen LogP contribution is 2.30. The molecular weight excluding hydrogens is 384 g/mol. The van der Waals surface area contributed by atoms with Crippen LogP contribution in [0.5, 0.6) is 5.75 Å². The van der Waals surface area contributed by atoms with Crippen LogP contribution in [0, 0.1) is 6.92 Å². The number of ether oxygens (including phenoxy) is 1. The first-order chi connectivity index (χ1) is 13.0. The molecule has 1 aromatic heterocycles. The van der Waals surface area contributed by atoms with Crippen LogP contribution in [0.1, 0.15) is 12.0 Å². The summed E-state index contributed by atoms with van der Waals surface area (Å²) >= 11 is 6.10. The van der Waals surface area contributed by atoms with Gasteiger partial charge in [0.05, 0.1) is 11.4 Å². The number of fused-ring (bicyclic) bond motifs is 1. The fraction of sp³-hybridized carbons (Fsp3) is 0.250. The van der Waals surface area contributed by atoms with Gasteiger partial charge in [0.15, 0.2) is 0 Å². The molecule has 1 fully saturated rings. The van der Waals surface area contributed by atoms with Crippen LogP contribution in [0.3, 0.4) is 0 Å². The van der Waals surface area contributed by atoms with Crippen molar-refractivity contribution in [1.29, 1.82) is 0 Å². The lowest BCUT2D eigenvalue weighted by Gasteiger charge is -2.19. The van der Waals surface area contributed by atoms with Crippen molar-refractivity contribution < 1.29 is 13.2 Å². The molecule has 3 aromatic rings. The predicted molar refractivity (Wildman–Crippen MR) is 106 cm³/mol. The molecule has 140 valence electrons. The number of hydrogen-bond acceptors (Lipinski definition) is 4. The second-order valence-electron chi connectivity index (χ2n) is 6.59. The first kappa shape index (κ1) is 18.2. The van der Waals surface area contributed by atoms with E-state index in [-0.39, 0.29) is 11.0 Å². The Balaban J connectivity index is 1.56. The van der Waals surface area contributed by atoms with Gasteiger partial charge in [0, 0.05) is 23.2 Å². The normalized spacial score (nSPS) is 18.1. The fourth-order valence-electron chi connectivity index (χ4n) is 3.37.